The van der Waals surface area contributed by atoms with Gasteiger partial charge in [-0.25, -0.2) is 0 Å². The molecule has 0 heterocycles. The number of Topliss-reactive ketones (excluding diaryl/α,β-unsaturated/α-hetero) is 1. The molecule has 0 aliphatic heterocycles. The molecule has 4 N–H and O–H groups in total. The predicted molar refractivity (Wildman–Crippen MR) is 94.0 cm³/mol. The van der Waals surface area contributed by atoms with E-state index in [0.717, 1.165) is 0 Å². The summed E-state index contributed by atoms with van der Waals surface area (Å²) in [6.45, 7) is 4.96. The molecule has 0 spiro atoms. The fourth-order valence-corrected chi connectivity index (χ4v) is 2.03. The normalized spacial score (nSPS) is 12.8. The van der Waals surface area contributed by atoms with Crippen molar-refractivity contribution in [1.82, 2.24) is 5.32 Å². The highest BCUT2D eigenvalue weighted by Crippen LogP contribution is 2.17. The number of hydrogen-bond acceptors (Lipinski definition) is 7. The van der Waals surface area contributed by atoms with E-state index in [1.54, 1.807) is 24.3 Å². The third-order valence-corrected chi connectivity index (χ3v) is 3.37. The Labute approximate surface area is 148 Å². The van der Waals surface area contributed by atoms with Crippen LogP contribution in [0.1, 0.15) is 30.6 Å². The van der Waals surface area contributed by atoms with Gasteiger partial charge in [-0.05, 0) is 51.1 Å². The van der Waals surface area contributed by atoms with Crippen molar-refractivity contribution in [3.63, 3.8) is 0 Å². The molecular formula is C18H29NO6. The van der Waals surface area contributed by atoms with E-state index in [2.05, 4.69) is 5.32 Å². The minimum atomic E-state index is -1.40. The number of nitrogens with one attached hydrogen (secondary N) is 1. The zero-order valence-electron chi connectivity index (χ0n) is 14.9. The summed E-state index contributed by atoms with van der Waals surface area (Å²) < 4.78 is 10.8. The lowest BCUT2D eigenvalue weighted by Gasteiger charge is -2.15. The van der Waals surface area contributed by atoms with Gasteiger partial charge in [-0.1, -0.05) is 0 Å². The Hall–Kier alpha value is -1.51. The van der Waals surface area contributed by atoms with Crippen LogP contribution in [0.15, 0.2) is 24.3 Å². The summed E-state index contributed by atoms with van der Waals surface area (Å²) >= 11 is 0. The summed E-state index contributed by atoms with van der Waals surface area (Å²) in [5.41, 5.74) is -0.975. The lowest BCUT2D eigenvalue weighted by molar-refractivity contribution is 0.0250. The van der Waals surface area contributed by atoms with Crippen molar-refractivity contribution < 1.29 is 29.6 Å². The summed E-state index contributed by atoms with van der Waals surface area (Å²) in [4.78, 5) is 11.9. The van der Waals surface area contributed by atoms with Crippen LogP contribution in [0.5, 0.6) is 5.75 Å². The summed E-state index contributed by atoms with van der Waals surface area (Å²) in [5.74, 6) is 0.256. The van der Waals surface area contributed by atoms with Crippen LogP contribution in [0.2, 0.25) is 0 Å². The molecule has 25 heavy (non-hydrogen) atoms. The van der Waals surface area contributed by atoms with Crippen molar-refractivity contribution in [3.05, 3.63) is 29.8 Å². The Morgan fingerprint density at radius 2 is 1.92 bits per heavy atom. The smallest absolute Gasteiger partial charge is 0.193 e. The monoisotopic (exact) mass is 355 g/mol. The molecule has 7 nitrogen and oxygen atoms in total. The maximum absolute atomic E-state index is 11.9. The van der Waals surface area contributed by atoms with Crippen molar-refractivity contribution in [2.24, 2.45) is 0 Å². The van der Waals surface area contributed by atoms with Crippen LogP contribution in [-0.4, -0.2) is 72.3 Å². The topological polar surface area (TPSA) is 108 Å². The van der Waals surface area contributed by atoms with Crippen LogP contribution in [0.4, 0.5) is 0 Å². The van der Waals surface area contributed by atoms with E-state index in [4.69, 9.17) is 14.6 Å². The lowest BCUT2D eigenvalue weighted by Crippen LogP contribution is -2.31. The Morgan fingerprint density at radius 3 is 2.52 bits per heavy atom. The first-order valence-electron chi connectivity index (χ1n) is 8.42. The molecule has 1 atom stereocenters. The van der Waals surface area contributed by atoms with Gasteiger partial charge < -0.3 is 30.1 Å². The third kappa shape index (κ3) is 8.94. The Bertz CT molecular complexity index is 497. The zero-order valence-corrected chi connectivity index (χ0v) is 14.9. The molecule has 1 aromatic rings. The molecule has 0 amide bonds. The van der Waals surface area contributed by atoms with E-state index >= 15 is 0 Å². The number of hydrogen-bond donors (Lipinski definition) is 4. The van der Waals surface area contributed by atoms with Gasteiger partial charge in [0.25, 0.3) is 0 Å². The maximum atomic E-state index is 11.9. The summed E-state index contributed by atoms with van der Waals surface area (Å²) in [7, 11) is 0. The second-order valence-corrected chi connectivity index (χ2v) is 6.27. The number of carbonyl (C=O) groups is 1. The molecule has 7 heteroatoms. The fraction of sp³-hybridized carbons (Fsp3) is 0.611. The summed E-state index contributed by atoms with van der Waals surface area (Å²) in [6.07, 6.45) is 0.0487. The largest absolute Gasteiger partial charge is 0.491 e. The van der Waals surface area contributed by atoms with Gasteiger partial charge in [-0.15, -0.1) is 0 Å². The van der Waals surface area contributed by atoms with Gasteiger partial charge in [0, 0.05) is 18.7 Å². The van der Waals surface area contributed by atoms with Gasteiger partial charge in [0.2, 0.25) is 0 Å². The first-order chi connectivity index (χ1) is 11.8. The first kappa shape index (κ1) is 21.5. The number of ether oxygens (including phenoxy) is 2. The molecule has 0 aliphatic rings. The average Bonchev–Trinajstić information content (AvgIpc) is 2.57. The molecule has 1 aromatic carbocycles. The molecule has 0 saturated heterocycles. The quantitative estimate of drug-likeness (QED) is 0.299. The van der Waals surface area contributed by atoms with Crippen molar-refractivity contribution in [3.8, 4) is 5.75 Å². The van der Waals surface area contributed by atoms with Crippen LogP contribution in [0.3, 0.4) is 0 Å². The van der Waals surface area contributed by atoms with Gasteiger partial charge in [0.05, 0.1) is 19.3 Å². The van der Waals surface area contributed by atoms with E-state index in [-0.39, 0.29) is 19.0 Å². The maximum Gasteiger partial charge on any atom is 0.193 e. The number of benzene rings is 1. The van der Waals surface area contributed by atoms with Crippen LogP contribution in [0, 0.1) is 0 Å². The molecule has 0 aromatic heterocycles. The standard InChI is InChI=1S/C18H29NO6/c1-18(2,23)17(22)14-4-6-16(7-5-14)25-11-10-24-13-15(21)12-19-8-3-9-20/h4-7,15,19-21,23H,3,8-13H2,1-2H3. The highest BCUT2D eigenvalue weighted by atomic mass is 16.5. The Morgan fingerprint density at radius 1 is 1.24 bits per heavy atom. The van der Waals surface area contributed by atoms with Crippen LogP contribution >= 0.6 is 0 Å². The van der Waals surface area contributed by atoms with Crippen LogP contribution < -0.4 is 10.1 Å². The highest BCUT2D eigenvalue weighted by Gasteiger charge is 2.24. The fourth-order valence-electron chi connectivity index (χ4n) is 2.03. The molecule has 1 rings (SSSR count). The number of rotatable bonds is 13. The van der Waals surface area contributed by atoms with Crippen LogP contribution in [-0.2, 0) is 4.74 Å². The molecular weight excluding hydrogens is 326 g/mol. The van der Waals surface area contributed by atoms with Crippen molar-refractivity contribution in [1.29, 1.82) is 0 Å². The minimum absolute atomic E-state index is 0.129. The molecule has 0 aliphatic carbocycles. The number of carbonyl (C=O) groups excluding carboxylic acids is 1. The lowest BCUT2D eigenvalue weighted by atomic mass is 9.97. The SMILES string of the molecule is CC(C)(O)C(=O)c1ccc(OCCOCC(O)CNCCCO)cc1. The Balaban J connectivity index is 2.19. The van der Waals surface area contributed by atoms with E-state index in [0.29, 0.717) is 44.0 Å². The van der Waals surface area contributed by atoms with Gasteiger partial charge in [0.15, 0.2) is 5.78 Å². The van der Waals surface area contributed by atoms with E-state index in [1.807, 2.05) is 0 Å². The number of aliphatic hydroxyl groups excluding tert-OH is 2. The van der Waals surface area contributed by atoms with Crippen LogP contribution in [0.25, 0.3) is 0 Å². The molecule has 0 saturated carbocycles. The van der Waals surface area contributed by atoms with E-state index in [9.17, 15) is 15.0 Å². The molecule has 142 valence electrons. The van der Waals surface area contributed by atoms with Gasteiger partial charge in [0.1, 0.15) is 18.0 Å². The van der Waals surface area contributed by atoms with Gasteiger partial charge >= 0.3 is 0 Å². The predicted octanol–water partition coefficient (Wildman–Crippen LogP) is 0.369. The molecule has 1 unspecified atom stereocenters. The molecule has 0 fully saturated rings. The number of ketones is 1. The average molecular weight is 355 g/mol. The molecule has 0 bridgehead atoms. The summed E-state index contributed by atoms with van der Waals surface area (Å²) in [5, 5.41) is 31.0. The zero-order chi connectivity index (χ0) is 18.7. The Kier molecular flexibility index (Phi) is 9.62. The van der Waals surface area contributed by atoms with E-state index in [1.165, 1.54) is 13.8 Å². The minimum Gasteiger partial charge on any atom is -0.491 e. The van der Waals surface area contributed by atoms with Gasteiger partial charge in [-0.3, -0.25) is 4.79 Å². The highest BCUT2D eigenvalue weighted by molar-refractivity contribution is 6.01. The third-order valence-electron chi connectivity index (χ3n) is 3.37. The second-order valence-electron chi connectivity index (χ2n) is 6.27. The van der Waals surface area contributed by atoms with Gasteiger partial charge in [-0.2, -0.15) is 0 Å². The van der Waals surface area contributed by atoms with Crippen molar-refractivity contribution in [2.45, 2.75) is 32.0 Å². The first-order valence-corrected chi connectivity index (χ1v) is 8.42. The second kappa shape index (κ2) is 11.2. The van der Waals surface area contributed by atoms with Crippen molar-refractivity contribution >= 4 is 5.78 Å². The number of aliphatic hydroxyl groups is 3. The summed E-state index contributed by atoms with van der Waals surface area (Å²) in [6, 6.07) is 6.55. The molecule has 0 radical (unpaired) electrons. The van der Waals surface area contributed by atoms with E-state index < -0.39 is 11.7 Å². The van der Waals surface area contributed by atoms with Crippen molar-refractivity contribution in [2.75, 3.05) is 39.5 Å².